The van der Waals surface area contributed by atoms with Gasteiger partial charge in [0.1, 0.15) is 5.82 Å². The van der Waals surface area contributed by atoms with Crippen molar-refractivity contribution in [1.29, 1.82) is 0 Å². The Morgan fingerprint density at radius 3 is 2.62 bits per heavy atom. The number of nitrogens with zero attached hydrogens (tertiary/aromatic N) is 1. The number of carbonyl (C=O) groups excluding carboxylic acids is 1. The minimum atomic E-state index is -1.00. The molecule has 1 fully saturated rings. The molecule has 0 radical (unpaired) electrons. The molecule has 5 rings (SSSR count). The number of carbonyl (C=O) groups is 2. The minimum Gasteiger partial charge on any atom is -0.478 e. The van der Waals surface area contributed by atoms with Crippen LogP contribution in [0.2, 0.25) is 0 Å². The fraction of sp³-hybridized carbons (Fsp3) is 0.167. The van der Waals surface area contributed by atoms with Crippen LogP contribution in [0.15, 0.2) is 72.8 Å². The van der Waals surface area contributed by atoms with E-state index in [1.54, 1.807) is 35.2 Å². The SMILES string of the molecule is O=C(O)c1cccc(CN2C(=O)[C@]3(C[C@H]3c3ccccc3F)c3ccccc32)c1. The first-order valence-electron chi connectivity index (χ1n) is 9.50. The normalized spacial score (nSPS) is 22.0. The van der Waals surface area contributed by atoms with Crippen molar-refractivity contribution in [2.24, 2.45) is 0 Å². The highest BCUT2D eigenvalue weighted by Gasteiger charge is 2.67. The molecule has 0 aromatic heterocycles. The summed E-state index contributed by atoms with van der Waals surface area (Å²) in [5, 5.41) is 9.24. The first-order chi connectivity index (χ1) is 14.0. The van der Waals surface area contributed by atoms with E-state index in [4.69, 9.17) is 0 Å². The fourth-order valence-corrected chi connectivity index (χ4v) is 4.62. The number of anilines is 1. The van der Waals surface area contributed by atoms with E-state index in [9.17, 15) is 19.1 Å². The number of fused-ring (bicyclic) bond motifs is 2. The van der Waals surface area contributed by atoms with Crippen LogP contribution in [0.3, 0.4) is 0 Å². The standard InChI is InChI=1S/C24H18FNO3/c25-20-10-3-1-8-17(20)19-13-24(19)18-9-2-4-11-21(18)26(23(24)29)14-15-6-5-7-16(12-15)22(27)28/h1-12,19H,13-14H2,(H,27,28)/t19-,24+/m0/s1. The van der Waals surface area contributed by atoms with Gasteiger partial charge in [-0.25, -0.2) is 9.18 Å². The summed E-state index contributed by atoms with van der Waals surface area (Å²) >= 11 is 0. The number of para-hydroxylation sites is 1. The van der Waals surface area contributed by atoms with E-state index < -0.39 is 11.4 Å². The lowest BCUT2D eigenvalue weighted by atomic mass is 9.92. The number of amides is 1. The molecule has 0 bridgehead atoms. The Balaban J connectivity index is 1.53. The molecule has 1 saturated carbocycles. The van der Waals surface area contributed by atoms with Gasteiger partial charge < -0.3 is 10.0 Å². The third-order valence-corrected chi connectivity index (χ3v) is 6.06. The van der Waals surface area contributed by atoms with Crippen molar-refractivity contribution in [2.45, 2.75) is 24.3 Å². The van der Waals surface area contributed by atoms with Crippen LogP contribution in [-0.2, 0) is 16.8 Å². The smallest absolute Gasteiger partial charge is 0.335 e. The number of hydrogen-bond acceptors (Lipinski definition) is 2. The van der Waals surface area contributed by atoms with Crippen LogP contribution >= 0.6 is 0 Å². The van der Waals surface area contributed by atoms with Gasteiger partial charge in [0, 0.05) is 11.6 Å². The highest BCUT2D eigenvalue weighted by Crippen LogP contribution is 2.66. The highest BCUT2D eigenvalue weighted by atomic mass is 19.1. The zero-order valence-corrected chi connectivity index (χ0v) is 15.5. The molecule has 2 atom stereocenters. The van der Waals surface area contributed by atoms with Crippen molar-refractivity contribution in [1.82, 2.24) is 0 Å². The third kappa shape index (κ3) is 2.58. The summed E-state index contributed by atoms with van der Waals surface area (Å²) in [4.78, 5) is 26.5. The topological polar surface area (TPSA) is 57.6 Å². The van der Waals surface area contributed by atoms with Crippen molar-refractivity contribution in [3.8, 4) is 0 Å². The van der Waals surface area contributed by atoms with E-state index >= 15 is 0 Å². The van der Waals surface area contributed by atoms with Gasteiger partial charge in [0.15, 0.2) is 0 Å². The van der Waals surface area contributed by atoms with Crippen LogP contribution in [0.5, 0.6) is 0 Å². The Morgan fingerprint density at radius 2 is 1.83 bits per heavy atom. The summed E-state index contributed by atoms with van der Waals surface area (Å²) in [6.45, 7) is 0.280. The molecule has 0 saturated heterocycles. The summed E-state index contributed by atoms with van der Waals surface area (Å²) < 4.78 is 14.4. The summed E-state index contributed by atoms with van der Waals surface area (Å²) in [5.74, 6) is -1.52. The van der Waals surface area contributed by atoms with Gasteiger partial charge in [-0.2, -0.15) is 0 Å². The Kier molecular flexibility index (Phi) is 3.81. The van der Waals surface area contributed by atoms with Gasteiger partial charge in [0.05, 0.1) is 17.5 Å². The number of halogens is 1. The van der Waals surface area contributed by atoms with Crippen LogP contribution in [0.4, 0.5) is 10.1 Å². The molecular weight excluding hydrogens is 369 g/mol. The van der Waals surface area contributed by atoms with E-state index in [-0.39, 0.29) is 29.8 Å². The highest BCUT2D eigenvalue weighted by molar-refractivity contribution is 6.11. The number of carboxylic acid groups (broad SMARTS) is 1. The van der Waals surface area contributed by atoms with E-state index in [2.05, 4.69) is 0 Å². The van der Waals surface area contributed by atoms with Crippen LogP contribution in [0, 0.1) is 5.82 Å². The zero-order chi connectivity index (χ0) is 20.2. The van der Waals surface area contributed by atoms with Gasteiger partial charge in [0.25, 0.3) is 0 Å². The second kappa shape index (κ2) is 6.27. The van der Waals surface area contributed by atoms with Gasteiger partial charge in [-0.15, -0.1) is 0 Å². The van der Waals surface area contributed by atoms with Crippen LogP contribution in [-0.4, -0.2) is 17.0 Å². The molecule has 3 aromatic rings. The van der Waals surface area contributed by atoms with Crippen molar-refractivity contribution >= 4 is 17.6 Å². The lowest BCUT2D eigenvalue weighted by Crippen LogP contribution is -2.32. The molecule has 5 heteroatoms. The van der Waals surface area contributed by atoms with E-state index in [0.29, 0.717) is 12.0 Å². The Labute approximate surface area is 167 Å². The first-order valence-corrected chi connectivity index (χ1v) is 9.50. The predicted molar refractivity (Wildman–Crippen MR) is 106 cm³/mol. The van der Waals surface area contributed by atoms with Gasteiger partial charge in [-0.05, 0) is 47.4 Å². The molecule has 2 aliphatic rings. The molecule has 29 heavy (non-hydrogen) atoms. The summed E-state index contributed by atoms with van der Waals surface area (Å²) in [6, 6.07) is 20.9. The number of rotatable bonds is 4. The van der Waals surface area contributed by atoms with Gasteiger partial charge in [0.2, 0.25) is 5.91 Å². The summed E-state index contributed by atoms with van der Waals surface area (Å²) in [6.07, 6.45) is 0.579. The van der Waals surface area contributed by atoms with Gasteiger partial charge in [-0.3, -0.25) is 4.79 Å². The molecule has 1 spiro atoms. The predicted octanol–water partition coefficient (Wildman–Crippen LogP) is 4.50. The maximum absolute atomic E-state index is 14.4. The maximum atomic E-state index is 14.4. The quantitative estimate of drug-likeness (QED) is 0.717. The van der Waals surface area contributed by atoms with Crippen molar-refractivity contribution in [3.05, 3.63) is 101 Å². The minimum absolute atomic E-state index is 0.0484. The summed E-state index contributed by atoms with van der Waals surface area (Å²) in [7, 11) is 0. The number of aromatic carboxylic acids is 1. The Bertz CT molecular complexity index is 1160. The van der Waals surface area contributed by atoms with E-state index in [0.717, 1.165) is 16.8 Å². The monoisotopic (exact) mass is 387 g/mol. The van der Waals surface area contributed by atoms with Gasteiger partial charge >= 0.3 is 5.97 Å². The van der Waals surface area contributed by atoms with Crippen LogP contribution < -0.4 is 4.90 Å². The molecule has 1 aliphatic carbocycles. The molecule has 1 heterocycles. The zero-order valence-electron chi connectivity index (χ0n) is 15.5. The number of carboxylic acids is 1. The molecule has 1 N–H and O–H groups in total. The van der Waals surface area contributed by atoms with Crippen molar-refractivity contribution in [3.63, 3.8) is 0 Å². The fourth-order valence-electron chi connectivity index (χ4n) is 4.62. The Hall–Kier alpha value is -3.47. The Morgan fingerprint density at radius 1 is 1.07 bits per heavy atom. The maximum Gasteiger partial charge on any atom is 0.335 e. The van der Waals surface area contributed by atoms with E-state index in [1.165, 1.54) is 12.1 Å². The van der Waals surface area contributed by atoms with Crippen molar-refractivity contribution < 1.29 is 19.1 Å². The first kappa shape index (κ1) is 17.6. The molecular formula is C24H18FNO3. The average molecular weight is 387 g/mol. The summed E-state index contributed by atoms with van der Waals surface area (Å²) in [5.41, 5.74) is 2.51. The van der Waals surface area contributed by atoms with Gasteiger partial charge in [-0.1, -0.05) is 48.5 Å². The van der Waals surface area contributed by atoms with E-state index in [1.807, 2.05) is 30.3 Å². The molecule has 0 unspecified atom stereocenters. The van der Waals surface area contributed by atoms with Crippen molar-refractivity contribution in [2.75, 3.05) is 4.90 Å². The molecule has 1 aliphatic heterocycles. The van der Waals surface area contributed by atoms with Crippen LogP contribution in [0.25, 0.3) is 0 Å². The lowest BCUT2D eigenvalue weighted by Gasteiger charge is -2.19. The largest absolute Gasteiger partial charge is 0.478 e. The average Bonchev–Trinajstić information content (AvgIpc) is 3.43. The second-order valence-electron chi connectivity index (χ2n) is 7.66. The second-order valence-corrected chi connectivity index (χ2v) is 7.66. The molecule has 1 amide bonds. The number of benzene rings is 3. The lowest BCUT2D eigenvalue weighted by molar-refractivity contribution is -0.120. The number of hydrogen-bond donors (Lipinski definition) is 1. The third-order valence-electron chi connectivity index (χ3n) is 6.06. The molecule has 144 valence electrons. The molecule has 4 nitrogen and oxygen atoms in total. The molecule has 3 aromatic carbocycles. The van der Waals surface area contributed by atoms with Crippen LogP contribution in [0.1, 0.15) is 39.4 Å².